The topological polar surface area (TPSA) is 12.0 Å². The smallest absolute Gasteiger partial charge is 0.0449 e. The van der Waals surface area contributed by atoms with Crippen LogP contribution in [0.4, 0.5) is 0 Å². The molecular weight excluding hydrogens is 298 g/mol. The highest BCUT2D eigenvalue weighted by atomic mass is 79.9. The van der Waals surface area contributed by atoms with E-state index in [0.717, 1.165) is 15.9 Å². The van der Waals surface area contributed by atoms with E-state index in [1.165, 1.54) is 31.2 Å². The number of hydrogen-bond donors (Lipinski definition) is 1. The Bertz CT molecular complexity index is 341. The number of nitrogens with one attached hydrogen (secondary N) is 1. The van der Waals surface area contributed by atoms with Gasteiger partial charge < -0.3 is 5.32 Å². The summed E-state index contributed by atoms with van der Waals surface area (Å²) in [4.78, 5) is 0. The third-order valence-electron chi connectivity index (χ3n) is 3.06. The van der Waals surface area contributed by atoms with Crippen molar-refractivity contribution in [3.05, 3.63) is 33.3 Å². The molecule has 1 rings (SSSR count). The van der Waals surface area contributed by atoms with Crippen LogP contribution in [0.15, 0.2) is 22.7 Å². The second-order valence-corrected chi connectivity index (χ2v) is 5.73. The summed E-state index contributed by atoms with van der Waals surface area (Å²) in [5.74, 6) is 0. The van der Waals surface area contributed by atoms with Crippen molar-refractivity contribution < 1.29 is 0 Å². The monoisotopic (exact) mass is 317 g/mol. The van der Waals surface area contributed by atoms with Gasteiger partial charge in [-0.2, -0.15) is 0 Å². The first-order valence-corrected chi connectivity index (χ1v) is 7.45. The van der Waals surface area contributed by atoms with Gasteiger partial charge in [0.1, 0.15) is 0 Å². The Labute approximate surface area is 118 Å². The summed E-state index contributed by atoms with van der Waals surface area (Å²) >= 11 is 9.62. The molecule has 0 aliphatic carbocycles. The summed E-state index contributed by atoms with van der Waals surface area (Å²) in [5, 5.41) is 4.24. The molecule has 0 radical (unpaired) electrons. The van der Waals surface area contributed by atoms with Crippen molar-refractivity contribution in [1.82, 2.24) is 5.32 Å². The molecular formula is C14H21BrClN. The molecule has 0 heterocycles. The van der Waals surface area contributed by atoms with Crippen LogP contribution in [0.5, 0.6) is 0 Å². The van der Waals surface area contributed by atoms with Crippen LogP contribution in [-0.4, -0.2) is 13.1 Å². The lowest BCUT2D eigenvalue weighted by Crippen LogP contribution is -2.24. The van der Waals surface area contributed by atoms with Crippen LogP contribution in [0.1, 0.15) is 38.2 Å². The Morgan fingerprint density at radius 1 is 1.35 bits per heavy atom. The highest BCUT2D eigenvalue weighted by Gasteiger charge is 2.06. The molecule has 96 valence electrons. The fourth-order valence-electron chi connectivity index (χ4n) is 2.04. The minimum atomic E-state index is 0.647. The lowest BCUT2D eigenvalue weighted by Gasteiger charge is -2.15. The summed E-state index contributed by atoms with van der Waals surface area (Å²) in [6, 6.07) is 6.79. The second-order valence-electron chi connectivity index (χ2n) is 4.40. The van der Waals surface area contributed by atoms with E-state index in [-0.39, 0.29) is 0 Å². The molecule has 0 aliphatic heterocycles. The molecule has 1 unspecified atom stereocenters. The van der Waals surface area contributed by atoms with Gasteiger partial charge in [-0.25, -0.2) is 0 Å². The van der Waals surface area contributed by atoms with E-state index in [1.54, 1.807) is 0 Å². The maximum Gasteiger partial charge on any atom is 0.0449 e. The van der Waals surface area contributed by atoms with E-state index in [2.05, 4.69) is 40.3 Å². The largest absolute Gasteiger partial charge is 0.317 e. The Morgan fingerprint density at radius 3 is 2.71 bits per heavy atom. The number of rotatable bonds is 7. The molecule has 3 heteroatoms. The van der Waals surface area contributed by atoms with Gasteiger partial charge in [-0.3, -0.25) is 0 Å². The van der Waals surface area contributed by atoms with Crippen LogP contribution in [0.25, 0.3) is 0 Å². The summed E-state index contributed by atoms with van der Waals surface area (Å²) in [7, 11) is 2.05. The van der Waals surface area contributed by atoms with Gasteiger partial charge in [0.05, 0.1) is 0 Å². The molecule has 1 atom stereocenters. The minimum Gasteiger partial charge on any atom is -0.317 e. The van der Waals surface area contributed by atoms with Gasteiger partial charge in [0.15, 0.2) is 0 Å². The average Bonchev–Trinajstić information content (AvgIpc) is 2.30. The first kappa shape index (κ1) is 15.0. The Morgan fingerprint density at radius 2 is 2.12 bits per heavy atom. The summed E-state index contributed by atoms with van der Waals surface area (Å²) in [5.41, 5.74) is 1.25. The minimum absolute atomic E-state index is 0.647. The maximum absolute atomic E-state index is 6.19. The van der Waals surface area contributed by atoms with Crippen molar-refractivity contribution in [3.63, 3.8) is 0 Å². The van der Waals surface area contributed by atoms with Crippen molar-refractivity contribution in [2.45, 2.75) is 45.1 Å². The van der Waals surface area contributed by atoms with E-state index in [9.17, 15) is 0 Å². The number of halogens is 2. The van der Waals surface area contributed by atoms with Gasteiger partial charge in [0, 0.05) is 15.5 Å². The molecule has 0 bridgehead atoms. The van der Waals surface area contributed by atoms with Crippen LogP contribution in [0.3, 0.4) is 0 Å². The molecule has 0 aromatic heterocycles. The zero-order valence-corrected chi connectivity index (χ0v) is 12.9. The highest BCUT2D eigenvalue weighted by molar-refractivity contribution is 9.10. The summed E-state index contributed by atoms with van der Waals surface area (Å²) in [6.45, 7) is 2.23. The molecule has 17 heavy (non-hydrogen) atoms. The molecule has 0 aliphatic rings. The van der Waals surface area contributed by atoms with Crippen molar-refractivity contribution in [1.29, 1.82) is 0 Å². The molecule has 0 amide bonds. The molecule has 0 spiro atoms. The number of aryl methyl sites for hydroxylation is 1. The highest BCUT2D eigenvalue weighted by Crippen LogP contribution is 2.23. The summed E-state index contributed by atoms with van der Waals surface area (Å²) in [6.07, 6.45) is 5.96. The third kappa shape index (κ3) is 5.41. The first-order chi connectivity index (χ1) is 8.17. The van der Waals surface area contributed by atoms with E-state index < -0.39 is 0 Å². The SMILES string of the molecule is CCCC(CCCc1ccc(Br)cc1Cl)NC. The fourth-order valence-corrected chi connectivity index (χ4v) is 2.81. The molecule has 0 saturated carbocycles. The van der Waals surface area contributed by atoms with Gasteiger partial charge >= 0.3 is 0 Å². The number of benzene rings is 1. The predicted octanol–water partition coefficient (Wildman–Crippen LogP) is 4.81. The third-order valence-corrected chi connectivity index (χ3v) is 3.90. The normalized spacial score (nSPS) is 12.7. The summed E-state index contributed by atoms with van der Waals surface area (Å²) < 4.78 is 1.05. The Hall–Kier alpha value is -0.0500. The zero-order valence-electron chi connectivity index (χ0n) is 10.6. The second kappa shape index (κ2) is 8.12. The quantitative estimate of drug-likeness (QED) is 0.760. The van der Waals surface area contributed by atoms with E-state index in [1.807, 2.05) is 13.1 Å². The fraction of sp³-hybridized carbons (Fsp3) is 0.571. The van der Waals surface area contributed by atoms with E-state index in [0.29, 0.717) is 6.04 Å². The maximum atomic E-state index is 6.19. The van der Waals surface area contributed by atoms with Crippen molar-refractivity contribution in [3.8, 4) is 0 Å². The lowest BCUT2D eigenvalue weighted by molar-refractivity contribution is 0.470. The van der Waals surface area contributed by atoms with Gasteiger partial charge in [-0.05, 0) is 50.4 Å². The lowest BCUT2D eigenvalue weighted by atomic mass is 10.0. The molecule has 1 nitrogen and oxygen atoms in total. The Kier molecular flexibility index (Phi) is 7.17. The van der Waals surface area contributed by atoms with Crippen molar-refractivity contribution in [2.24, 2.45) is 0 Å². The standard InChI is InChI=1S/C14H21BrClN/c1-3-5-13(17-2)7-4-6-11-8-9-12(15)10-14(11)16/h8-10,13,17H,3-7H2,1-2H3. The molecule has 0 fully saturated rings. The predicted molar refractivity (Wildman–Crippen MR) is 79.8 cm³/mol. The van der Waals surface area contributed by atoms with Crippen molar-refractivity contribution >= 4 is 27.5 Å². The Balaban J connectivity index is 2.39. The van der Waals surface area contributed by atoms with Gasteiger partial charge in [-0.15, -0.1) is 0 Å². The van der Waals surface area contributed by atoms with E-state index >= 15 is 0 Å². The van der Waals surface area contributed by atoms with Crippen LogP contribution < -0.4 is 5.32 Å². The van der Waals surface area contributed by atoms with Crippen LogP contribution >= 0.6 is 27.5 Å². The molecule has 1 aromatic carbocycles. The van der Waals surface area contributed by atoms with Gasteiger partial charge in [0.2, 0.25) is 0 Å². The van der Waals surface area contributed by atoms with Crippen LogP contribution in [-0.2, 0) is 6.42 Å². The van der Waals surface area contributed by atoms with Crippen LogP contribution in [0.2, 0.25) is 5.02 Å². The van der Waals surface area contributed by atoms with Crippen LogP contribution in [0, 0.1) is 0 Å². The molecule has 0 saturated heterocycles. The molecule has 1 aromatic rings. The molecule has 1 N–H and O–H groups in total. The average molecular weight is 319 g/mol. The van der Waals surface area contributed by atoms with E-state index in [4.69, 9.17) is 11.6 Å². The number of hydrogen-bond acceptors (Lipinski definition) is 1. The van der Waals surface area contributed by atoms with Gasteiger partial charge in [0.25, 0.3) is 0 Å². The first-order valence-electron chi connectivity index (χ1n) is 6.28. The van der Waals surface area contributed by atoms with Crippen molar-refractivity contribution in [2.75, 3.05) is 7.05 Å². The zero-order chi connectivity index (χ0) is 12.7. The van der Waals surface area contributed by atoms with Gasteiger partial charge in [-0.1, -0.05) is 46.9 Å².